The minimum atomic E-state index is -0.301. The molecule has 2 amide bonds. The highest BCUT2D eigenvalue weighted by atomic mass is 35.5. The molecule has 0 aromatic heterocycles. The monoisotopic (exact) mass is 334 g/mol. The largest absolute Gasteiger partial charge is 0.497 e. The van der Waals surface area contributed by atoms with E-state index >= 15 is 0 Å². The fourth-order valence-corrected chi connectivity index (χ4v) is 2.11. The van der Waals surface area contributed by atoms with Crippen molar-refractivity contribution in [2.24, 2.45) is 0 Å². The minimum Gasteiger partial charge on any atom is -0.497 e. The van der Waals surface area contributed by atoms with Crippen LogP contribution in [0.1, 0.15) is 5.56 Å². The summed E-state index contributed by atoms with van der Waals surface area (Å²) in [5.74, 6) is 1.42. The predicted octanol–water partition coefficient (Wildman–Crippen LogP) is 3.86. The third kappa shape index (κ3) is 5.07. The van der Waals surface area contributed by atoms with Crippen molar-refractivity contribution in [3.63, 3.8) is 0 Å². The van der Waals surface area contributed by atoms with Crippen molar-refractivity contribution in [1.29, 1.82) is 0 Å². The van der Waals surface area contributed by atoms with Gasteiger partial charge in [-0.1, -0.05) is 23.7 Å². The predicted molar refractivity (Wildman–Crippen MR) is 91.7 cm³/mol. The zero-order valence-electron chi connectivity index (χ0n) is 13.1. The van der Waals surface area contributed by atoms with Crippen LogP contribution in [0.4, 0.5) is 10.5 Å². The number of rotatable bonds is 6. The number of hydrogen-bond acceptors (Lipinski definition) is 3. The molecule has 2 aromatic rings. The van der Waals surface area contributed by atoms with E-state index in [1.165, 1.54) is 0 Å². The Balaban J connectivity index is 1.75. The summed E-state index contributed by atoms with van der Waals surface area (Å²) in [6, 6.07) is 12.4. The first-order chi connectivity index (χ1) is 11.1. The summed E-state index contributed by atoms with van der Waals surface area (Å²) in [5.41, 5.74) is 1.51. The maximum Gasteiger partial charge on any atom is 0.319 e. The molecule has 0 unspecified atom stereocenters. The molecule has 5 nitrogen and oxygen atoms in total. The fourth-order valence-electron chi connectivity index (χ4n) is 1.93. The number of amides is 2. The molecule has 0 saturated carbocycles. The number of anilines is 1. The van der Waals surface area contributed by atoms with Gasteiger partial charge >= 0.3 is 6.03 Å². The van der Waals surface area contributed by atoms with Crippen molar-refractivity contribution in [1.82, 2.24) is 5.32 Å². The maximum absolute atomic E-state index is 11.8. The second-order valence-corrected chi connectivity index (χ2v) is 5.23. The van der Waals surface area contributed by atoms with Crippen molar-refractivity contribution in [3.8, 4) is 11.5 Å². The van der Waals surface area contributed by atoms with Gasteiger partial charge in [0.15, 0.2) is 0 Å². The van der Waals surface area contributed by atoms with Crippen LogP contribution in [0.25, 0.3) is 0 Å². The molecule has 0 aliphatic rings. The summed E-state index contributed by atoms with van der Waals surface area (Å²) >= 11 is 6.01. The van der Waals surface area contributed by atoms with Crippen LogP contribution >= 0.6 is 11.6 Å². The molecular formula is C17H19ClN2O3. The molecule has 122 valence electrons. The Kier molecular flexibility index (Phi) is 6.11. The van der Waals surface area contributed by atoms with Gasteiger partial charge in [0.05, 0.1) is 13.7 Å². The van der Waals surface area contributed by atoms with Gasteiger partial charge < -0.3 is 20.1 Å². The summed E-state index contributed by atoms with van der Waals surface area (Å²) in [4.78, 5) is 11.8. The lowest BCUT2D eigenvalue weighted by atomic mass is 10.2. The molecule has 2 aromatic carbocycles. The summed E-state index contributed by atoms with van der Waals surface area (Å²) < 4.78 is 10.7. The molecule has 0 heterocycles. The summed E-state index contributed by atoms with van der Waals surface area (Å²) in [5, 5.41) is 6.10. The Morgan fingerprint density at radius 1 is 1.17 bits per heavy atom. The maximum atomic E-state index is 11.8. The van der Waals surface area contributed by atoms with Crippen LogP contribution < -0.4 is 20.1 Å². The third-order valence-corrected chi connectivity index (χ3v) is 3.62. The molecule has 0 fully saturated rings. The summed E-state index contributed by atoms with van der Waals surface area (Å²) in [7, 11) is 1.60. The van der Waals surface area contributed by atoms with E-state index in [2.05, 4.69) is 10.6 Å². The molecule has 0 radical (unpaired) electrons. The Hall–Kier alpha value is -2.40. The van der Waals surface area contributed by atoms with Crippen LogP contribution in [0.2, 0.25) is 5.02 Å². The Labute approximate surface area is 140 Å². The number of urea groups is 1. The number of carbonyl (C=O) groups is 1. The topological polar surface area (TPSA) is 59.6 Å². The average Bonchev–Trinajstić information content (AvgIpc) is 2.56. The van der Waals surface area contributed by atoms with Gasteiger partial charge in [0.1, 0.15) is 18.1 Å². The van der Waals surface area contributed by atoms with Gasteiger partial charge in [0, 0.05) is 16.8 Å². The van der Waals surface area contributed by atoms with Crippen molar-refractivity contribution in [3.05, 3.63) is 53.1 Å². The quantitative estimate of drug-likeness (QED) is 0.789. The van der Waals surface area contributed by atoms with Crippen molar-refractivity contribution in [2.45, 2.75) is 6.92 Å². The second-order valence-electron chi connectivity index (χ2n) is 4.82. The standard InChI is InChI=1S/C17H19ClN2O3/c1-12-15(18)7-4-8-16(12)20-17(21)19-9-10-23-14-6-3-5-13(11-14)22-2/h3-8,11H,9-10H2,1-2H3,(H2,19,20,21). The van der Waals surface area contributed by atoms with E-state index in [-0.39, 0.29) is 6.03 Å². The number of hydrogen-bond donors (Lipinski definition) is 2. The molecule has 0 aliphatic heterocycles. The lowest BCUT2D eigenvalue weighted by Gasteiger charge is -2.11. The zero-order chi connectivity index (χ0) is 16.7. The van der Waals surface area contributed by atoms with Gasteiger partial charge in [0.25, 0.3) is 0 Å². The van der Waals surface area contributed by atoms with Gasteiger partial charge in [-0.25, -0.2) is 4.79 Å². The molecule has 0 atom stereocenters. The molecule has 0 spiro atoms. The average molecular weight is 335 g/mol. The van der Waals surface area contributed by atoms with Gasteiger partial charge in [-0.2, -0.15) is 0 Å². The summed E-state index contributed by atoms with van der Waals surface area (Å²) in [6.07, 6.45) is 0. The number of methoxy groups -OCH3 is 1. The summed E-state index contributed by atoms with van der Waals surface area (Å²) in [6.45, 7) is 2.58. The SMILES string of the molecule is COc1cccc(OCCNC(=O)Nc2cccc(Cl)c2C)c1. The zero-order valence-corrected chi connectivity index (χ0v) is 13.8. The van der Waals surface area contributed by atoms with Gasteiger partial charge in [-0.15, -0.1) is 0 Å². The second kappa shape index (κ2) is 8.29. The molecule has 0 saturated heterocycles. The van der Waals surface area contributed by atoms with Crippen molar-refractivity contribution in [2.75, 3.05) is 25.6 Å². The molecule has 0 aliphatic carbocycles. The fraction of sp³-hybridized carbons (Fsp3) is 0.235. The first-order valence-electron chi connectivity index (χ1n) is 7.17. The molecule has 2 rings (SSSR count). The number of nitrogens with one attached hydrogen (secondary N) is 2. The Morgan fingerprint density at radius 2 is 1.91 bits per heavy atom. The number of ether oxygens (including phenoxy) is 2. The smallest absolute Gasteiger partial charge is 0.319 e. The van der Waals surface area contributed by atoms with E-state index in [0.717, 1.165) is 11.3 Å². The van der Waals surface area contributed by atoms with Gasteiger partial charge in [0.2, 0.25) is 0 Å². The number of carbonyl (C=O) groups excluding carboxylic acids is 1. The van der Waals surface area contributed by atoms with E-state index in [1.807, 2.05) is 25.1 Å². The molecular weight excluding hydrogens is 316 g/mol. The molecule has 6 heteroatoms. The Morgan fingerprint density at radius 3 is 2.70 bits per heavy atom. The highest BCUT2D eigenvalue weighted by Gasteiger charge is 2.06. The van der Waals surface area contributed by atoms with Crippen LogP contribution in [0.3, 0.4) is 0 Å². The van der Waals surface area contributed by atoms with Gasteiger partial charge in [-0.05, 0) is 36.8 Å². The van der Waals surface area contributed by atoms with Crippen molar-refractivity contribution >= 4 is 23.3 Å². The normalized spacial score (nSPS) is 10.0. The van der Waals surface area contributed by atoms with Crippen molar-refractivity contribution < 1.29 is 14.3 Å². The Bertz CT molecular complexity index is 677. The van der Waals surface area contributed by atoms with E-state index in [0.29, 0.717) is 29.6 Å². The molecule has 0 bridgehead atoms. The first-order valence-corrected chi connectivity index (χ1v) is 7.55. The van der Waals surface area contributed by atoms with Crippen LogP contribution in [-0.4, -0.2) is 26.3 Å². The van der Waals surface area contributed by atoms with Gasteiger partial charge in [-0.3, -0.25) is 0 Å². The van der Waals surface area contributed by atoms with Crippen LogP contribution in [0.5, 0.6) is 11.5 Å². The van der Waals surface area contributed by atoms with E-state index in [9.17, 15) is 4.79 Å². The van der Waals surface area contributed by atoms with E-state index in [4.69, 9.17) is 21.1 Å². The third-order valence-electron chi connectivity index (χ3n) is 3.21. The highest BCUT2D eigenvalue weighted by Crippen LogP contribution is 2.22. The minimum absolute atomic E-state index is 0.301. The van der Waals surface area contributed by atoms with Crippen LogP contribution in [-0.2, 0) is 0 Å². The molecule has 23 heavy (non-hydrogen) atoms. The van der Waals surface area contributed by atoms with E-state index in [1.54, 1.807) is 31.4 Å². The van der Waals surface area contributed by atoms with E-state index < -0.39 is 0 Å². The lowest BCUT2D eigenvalue weighted by molar-refractivity contribution is 0.247. The lowest BCUT2D eigenvalue weighted by Crippen LogP contribution is -2.32. The number of halogens is 1. The first kappa shape index (κ1) is 17.0. The highest BCUT2D eigenvalue weighted by molar-refractivity contribution is 6.31. The number of benzene rings is 2. The molecule has 2 N–H and O–H groups in total. The van der Waals surface area contributed by atoms with Crippen LogP contribution in [0.15, 0.2) is 42.5 Å². The van der Waals surface area contributed by atoms with Crippen LogP contribution in [0, 0.1) is 6.92 Å².